The van der Waals surface area contributed by atoms with E-state index < -0.39 is 6.29 Å². The van der Waals surface area contributed by atoms with E-state index in [0.29, 0.717) is 0 Å². The van der Waals surface area contributed by atoms with Gasteiger partial charge in [-0.1, -0.05) is 104 Å². The van der Waals surface area contributed by atoms with Crippen LogP contribution in [0.3, 0.4) is 0 Å². The fraction of sp³-hybridized carbons (Fsp3) is 0.286. The lowest BCUT2D eigenvalue weighted by Crippen LogP contribution is -2.44. The average Bonchev–Trinajstić information content (AvgIpc) is 2.99. The fourth-order valence-corrected chi connectivity index (χ4v) is 5.38. The highest BCUT2D eigenvalue weighted by Crippen LogP contribution is 2.42. The van der Waals surface area contributed by atoms with Crippen LogP contribution in [0.15, 0.2) is 109 Å². The van der Waals surface area contributed by atoms with Crippen molar-refractivity contribution in [1.29, 1.82) is 0 Å². The number of carbonyl (C=O) groups excluding carboxylic acids is 1. The van der Waals surface area contributed by atoms with E-state index in [1.165, 1.54) is 18.1 Å². The van der Waals surface area contributed by atoms with Gasteiger partial charge in [-0.3, -0.25) is 9.69 Å². The van der Waals surface area contributed by atoms with E-state index in [4.69, 9.17) is 9.47 Å². The maximum Gasteiger partial charge on any atom is 0.221 e. The van der Waals surface area contributed by atoms with E-state index in [1.54, 1.807) is 0 Å². The van der Waals surface area contributed by atoms with Crippen LogP contribution in [0.2, 0.25) is 0 Å². The molecular weight excluding hydrogens is 512 g/mol. The lowest BCUT2D eigenvalue weighted by atomic mass is 9.89. The van der Waals surface area contributed by atoms with Gasteiger partial charge in [-0.15, -0.1) is 0 Å². The van der Waals surface area contributed by atoms with Gasteiger partial charge in [0.2, 0.25) is 5.91 Å². The number of rotatable bonds is 10. The third kappa shape index (κ3) is 7.69. The van der Waals surface area contributed by atoms with Crippen molar-refractivity contribution in [1.82, 2.24) is 4.90 Å². The second kappa shape index (κ2) is 13.7. The topological polar surface area (TPSA) is 71.0 Å². The number of ether oxygens (including phenoxy) is 2. The van der Waals surface area contributed by atoms with Gasteiger partial charge in [-0.25, -0.2) is 0 Å². The van der Waals surface area contributed by atoms with Crippen LogP contribution in [0.4, 0.5) is 5.69 Å². The Hall–Kier alpha value is -3.81. The molecule has 212 valence electrons. The van der Waals surface area contributed by atoms with E-state index in [2.05, 4.69) is 65.7 Å². The highest BCUT2D eigenvalue weighted by atomic mass is 16.7. The van der Waals surface area contributed by atoms with Crippen LogP contribution in [-0.4, -0.2) is 28.6 Å². The Labute approximate surface area is 242 Å². The molecule has 4 unspecified atom stereocenters. The Bertz CT molecular complexity index is 1340. The van der Waals surface area contributed by atoms with Crippen LogP contribution < -0.4 is 5.32 Å². The molecule has 1 amide bonds. The zero-order valence-electron chi connectivity index (χ0n) is 23.6. The zero-order valence-corrected chi connectivity index (χ0v) is 23.6. The van der Waals surface area contributed by atoms with Crippen LogP contribution in [0.5, 0.6) is 0 Å². The van der Waals surface area contributed by atoms with Gasteiger partial charge in [0, 0.05) is 43.7 Å². The second-order valence-electron chi connectivity index (χ2n) is 10.8. The molecule has 0 radical (unpaired) electrons. The minimum Gasteiger partial charge on any atom is -0.392 e. The number of nitrogens with zero attached hydrogens (tertiary/aromatic N) is 1. The maximum absolute atomic E-state index is 11.5. The molecule has 0 saturated carbocycles. The summed E-state index contributed by atoms with van der Waals surface area (Å²) in [7, 11) is 0. The summed E-state index contributed by atoms with van der Waals surface area (Å²) in [5.74, 6) is -0.0426. The van der Waals surface area contributed by atoms with E-state index in [0.717, 1.165) is 42.0 Å². The van der Waals surface area contributed by atoms with Gasteiger partial charge < -0.3 is 19.9 Å². The van der Waals surface area contributed by atoms with Gasteiger partial charge in [0.1, 0.15) is 0 Å². The first-order valence-corrected chi connectivity index (χ1v) is 14.2. The molecule has 5 rings (SSSR count). The van der Waals surface area contributed by atoms with Crippen molar-refractivity contribution in [2.75, 3.05) is 11.9 Å². The molecule has 6 nitrogen and oxygen atoms in total. The summed E-state index contributed by atoms with van der Waals surface area (Å²) in [5.41, 5.74) is 6.06. The van der Waals surface area contributed by atoms with E-state index in [9.17, 15) is 9.90 Å². The van der Waals surface area contributed by atoms with Gasteiger partial charge in [-0.05, 0) is 34.4 Å². The van der Waals surface area contributed by atoms with Crippen molar-refractivity contribution in [3.8, 4) is 0 Å². The molecule has 41 heavy (non-hydrogen) atoms. The molecule has 0 aliphatic carbocycles. The van der Waals surface area contributed by atoms with Crippen molar-refractivity contribution in [2.24, 2.45) is 5.92 Å². The summed E-state index contributed by atoms with van der Waals surface area (Å²) in [6.07, 6.45) is -0.879. The Morgan fingerprint density at radius 2 is 1.32 bits per heavy atom. The highest BCUT2D eigenvalue weighted by Gasteiger charge is 2.39. The zero-order chi connectivity index (χ0) is 28.6. The quantitative estimate of drug-likeness (QED) is 0.232. The summed E-state index contributed by atoms with van der Waals surface area (Å²) in [6, 6.07) is 36.7. The Morgan fingerprint density at radius 3 is 1.85 bits per heavy atom. The van der Waals surface area contributed by atoms with Gasteiger partial charge in [-0.2, -0.15) is 0 Å². The maximum atomic E-state index is 11.5. The number of aliphatic hydroxyl groups excluding tert-OH is 1. The predicted octanol–water partition coefficient (Wildman–Crippen LogP) is 6.63. The van der Waals surface area contributed by atoms with Crippen LogP contribution in [0.1, 0.15) is 54.1 Å². The molecule has 1 heterocycles. The van der Waals surface area contributed by atoms with E-state index in [-0.39, 0.29) is 30.6 Å². The fourth-order valence-electron chi connectivity index (χ4n) is 5.38. The van der Waals surface area contributed by atoms with Gasteiger partial charge >= 0.3 is 0 Å². The first-order valence-electron chi connectivity index (χ1n) is 14.2. The largest absolute Gasteiger partial charge is 0.392 e. The van der Waals surface area contributed by atoms with E-state index in [1.807, 2.05) is 60.7 Å². The second-order valence-corrected chi connectivity index (χ2v) is 10.8. The summed E-state index contributed by atoms with van der Waals surface area (Å²) in [4.78, 5) is 14.0. The lowest BCUT2D eigenvalue weighted by molar-refractivity contribution is -0.276. The minimum absolute atomic E-state index is 0.00426. The smallest absolute Gasteiger partial charge is 0.221 e. The molecule has 1 saturated heterocycles. The molecule has 1 fully saturated rings. The minimum atomic E-state index is -0.569. The number of amides is 1. The first-order chi connectivity index (χ1) is 20.0. The Kier molecular flexibility index (Phi) is 9.59. The lowest BCUT2D eigenvalue weighted by Gasteiger charge is -2.43. The number of carbonyl (C=O) groups is 1. The highest BCUT2D eigenvalue weighted by molar-refractivity contribution is 5.88. The van der Waals surface area contributed by atoms with E-state index >= 15 is 0 Å². The molecule has 1 aliphatic rings. The van der Waals surface area contributed by atoms with Gasteiger partial charge in [0.25, 0.3) is 0 Å². The monoisotopic (exact) mass is 550 g/mol. The molecule has 0 bridgehead atoms. The summed E-state index contributed by atoms with van der Waals surface area (Å²) < 4.78 is 13.3. The normalized spacial score (nSPS) is 20.6. The SMILES string of the molecule is CC(=O)Nc1ccc(C2OC(CN(Cc3ccccc3)Cc3ccccc3)C(C)C(c3ccc(CO)cc3)O2)cc1. The molecule has 0 spiro atoms. The van der Waals surface area contributed by atoms with Crippen molar-refractivity contribution in [3.05, 3.63) is 137 Å². The third-order valence-corrected chi connectivity index (χ3v) is 7.56. The summed E-state index contributed by atoms with van der Waals surface area (Å²) in [5, 5.41) is 12.4. The van der Waals surface area contributed by atoms with Crippen LogP contribution in [0.25, 0.3) is 0 Å². The molecule has 1 aliphatic heterocycles. The van der Waals surface area contributed by atoms with Gasteiger partial charge in [0.15, 0.2) is 6.29 Å². The average molecular weight is 551 g/mol. The molecule has 4 aromatic carbocycles. The van der Waals surface area contributed by atoms with Crippen molar-refractivity contribution in [2.45, 2.75) is 52.0 Å². The Balaban J connectivity index is 1.43. The van der Waals surface area contributed by atoms with Crippen molar-refractivity contribution >= 4 is 11.6 Å². The van der Waals surface area contributed by atoms with Crippen LogP contribution in [-0.2, 0) is 34.0 Å². The number of hydrogen-bond acceptors (Lipinski definition) is 5. The molecule has 2 N–H and O–H groups in total. The molecule has 4 aromatic rings. The standard InChI is InChI=1S/C35H38N2O4/c1-25-33(23-37(21-27-9-5-3-6-10-27)22-28-11-7-4-8-12-28)40-35(31-17-19-32(20-18-31)36-26(2)39)41-34(25)30-15-13-29(24-38)14-16-30/h3-20,25,33-35,38H,21-24H2,1-2H3,(H,36,39). The number of anilines is 1. The molecule has 4 atom stereocenters. The predicted molar refractivity (Wildman–Crippen MR) is 161 cm³/mol. The van der Waals surface area contributed by atoms with Crippen molar-refractivity contribution in [3.63, 3.8) is 0 Å². The third-order valence-electron chi connectivity index (χ3n) is 7.56. The first kappa shape index (κ1) is 28.7. The molecular formula is C35H38N2O4. The summed E-state index contributed by atoms with van der Waals surface area (Å²) in [6.45, 7) is 6.01. The van der Waals surface area contributed by atoms with Crippen LogP contribution in [0, 0.1) is 5.92 Å². The molecule has 6 heteroatoms. The van der Waals surface area contributed by atoms with Crippen molar-refractivity contribution < 1.29 is 19.4 Å². The number of hydrogen-bond donors (Lipinski definition) is 2. The number of aliphatic hydroxyl groups is 1. The van der Waals surface area contributed by atoms with Gasteiger partial charge in [0.05, 0.1) is 18.8 Å². The van der Waals surface area contributed by atoms with Crippen LogP contribution >= 0.6 is 0 Å². The Morgan fingerprint density at radius 1 is 0.756 bits per heavy atom. The summed E-state index contributed by atoms with van der Waals surface area (Å²) >= 11 is 0. The number of nitrogens with one attached hydrogen (secondary N) is 1. The molecule has 0 aromatic heterocycles. The number of benzene rings is 4.